The van der Waals surface area contributed by atoms with Crippen molar-refractivity contribution < 1.29 is 19.0 Å². The average Bonchev–Trinajstić information content (AvgIpc) is 2.59. The van der Waals surface area contributed by atoms with E-state index < -0.39 is 5.97 Å². The Morgan fingerprint density at radius 2 is 2.33 bits per heavy atom. The SMILES string of the molecule is N#CCN[n+]1ccc(SCOC(=O)C2=CCS[C@H]3CC(=O)N23)cc1. The predicted molar refractivity (Wildman–Crippen MR) is 89.1 cm³/mol. The lowest BCUT2D eigenvalue weighted by Gasteiger charge is -2.42. The highest BCUT2D eigenvalue weighted by atomic mass is 32.2. The standard InChI is InChI=1S/C15H15N4O3S2/c16-4-5-17-18-6-1-11(2-7-18)24-10-22-15(21)12-3-8-23-14-9-13(20)19(12)14/h1-3,6-7,14,17H,5,8-10H2/q+1/t14-/m0/s1. The van der Waals surface area contributed by atoms with E-state index in [0.29, 0.717) is 12.1 Å². The maximum atomic E-state index is 12.1. The molecule has 0 unspecified atom stereocenters. The van der Waals surface area contributed by atoms with Crippen LogP contribution >= 0.6 is 23.5 Å². The minimum atomic E-state index is -0.456. The van der Waals surface area contributed by atoms with Crippen LogP contribution in [0.5, 0.6) is 0 Å². The molecule has 3 heterocycles. The van der Waals surface area contributed by atoms with E-state index in [1.165, 1.54) is 16.7 Å². The third kappa shape index (κ3) is 3.66. The fourth-order valence-electron chi connectivity index (χ4n) is 2.29. The molecule has 0 aliphatic carbocycles. The van der Waals surface area contributed by atoms with Crippen molar-refractivity contribution in [3.63, 3.8) is 0 Å². The van der Waals surface area contributed by atoms with E-state index in [1.807, 2.05) is 18.2 Å². The van der Waals surface area contributed by atoms with Crippen molar-refractivity contribution >= 4 is 35.4 Å². The first-order valence-corrected chi connectivity index (χ1v) is 9.28. The fourth-order valence-corrected chi connectivity index (χ4v) is 4.03. The van der Waals surface area contributed by atoms with Crippen LogP contribution in [-0.4, -0.2) is 40.4 Å². The lowest BCUT2D eigenvalue weighted by Crippen LogP contribution is -2.53. The summed E-state index contributed by atoms with van der Waals surface area (Å²) in [5, 5.41) is 8.59. The molecule has 1 amide bonds. The average molecular weight is 363 g/mol. The van der Waals surface area contributed by atoms with Crippen LogP contribution in [0.3, 0.4) is 0 Å². The van der Waals surface area contributed by atoms with Gasteiger partial charge in [-0.2, -0.15) is 10.7 Å². The molecule has 0 radical (unpaired) electrons. The van der Waals surface area contributed by atoms with Crippen LogP contribution in [0.15, 0.2) is 41.2 Å². The maximum absolute atomic E-state index is 12.1. The quantitative estimate of drug-likeness (QED) is 0.200. The second-order valence-electron chi connectivity index (χ2n) is 4.97. The lowest BCUT2D eigenvalue weighted by molar-refractivity contribution is -0.649. The van der Waals surface area contributed by atoms with E-state index in [-0.39, 0.29) is 23.8 Å². The van der Waals surface area contributed by atoms with Gasteiger partial charge in [0.1, 0.15) is 11.6 Å². The number of pyridine rings is 1. The molecule has 1 N–H and O–H groups in total. The minimum Gasteiger partial charge on any atom is -0.450 e. The Kier molecular flexibility index (Phi) is 5.27. The lowest BCUT2D eigenvalue weighted by atomic mass is 10.1. The molecule has 0 saturated carbocycles. The number of carbonyl (C=O) groups excluding carboxylic acids is 2. The van der Waals surface area contributed by atoms with Gasteiger partial charge in [-0.15, -0.1) is 11.8 Å². The molecule has 2 aliphatic rings. The van der Waals surface area contributed by atoms with Crippen LogP contribution in [0.1, 0.15) is 6.42 Å². The fraction of sp³-hybridized carbons (Fsp3) is 0.333. The summed E-state index contributed by atoms with van der Waals surface area (Å²) in [6.45, 7) is 0.221. The van der Waals surface area contributed by atoms with Crippen molar-refractivity contribution in [1.29, 1.82) is 5.26 Å². The van der Waals surface area contributed by atoms with Crippen LogP contribution in [0.4, 0.5) is 0 Å². The Labute approximate surface area is 147 Å². The van der Waals surface area contributed by atoms with Gasteiger partial charge >= 0.3 is 5.97 Å². The molecule has 0 aromatic carbocycles. The molecule has 7 nitrogen and oxygen atoms in total. The molecule has 2 aliphatic heterocycles. The molecule has 1 fully saturated rings. The van der Waals surface area contributed by atoms with E-state index in [4.69, 9.17) is 10.00 Å². The summed E-state index contributed by atoms with van der Waals surface area (Å²) in [6.07, 6.45) is 5.81. The predicted octanol–water partition coefficient (Wildman–Crippen LogP) is 0.823. The smallest absolute Gasteiger partial charge is 0.355 e. The monoisotopic (exact) mass is 363 g/mol. The molecule has 1 aromatic rings. The zero-order chi connectivity index (χ0) is 16.9. The molecule has 1 saturated heterocycles. The van der Waals surface area contributed by atoms with E-state index in [9.17, 15) is 9.59 Å². The van der Waals surface area contributed by atoms with Crippen LogP contribution in [0.2, 0.25) is 0 Å². The topological polar surface area (TPSA) is 86.3 Å². The molecule has 0 spiro atoms. The molecule has 9 heteroatoms. The van der Waals surface area contributed by atoms with Crippen LogP contribution in [0, 0.1) is 11.3 Å². The van der Waals surface area contributed by atoms with Crippen molar-refractivity contribution in [1.82, 2.24) is 4.90 Å². The van der Waals surface area contributed by atoms with Gasteiger partial charge in [0, 0.05) is 22.8 Å². The summed E-state index contributed by atoms with van der Waals surface area (Å²) >= 11 is 3.03. The second kappa shape index (κ2) is 7.59. The number of nitriles is 1. The third-order valence-corrected chi connectivity index (χ3v) is 5.46. The van der Waals surface area contributed by atoms with Crippen molar-refractivity contribution in [3.05, 3.63) is 36.3 Å². The number of aromatic nitrogens is 1. The zero-order valence-electron chi connectivity index (χ0n) is 12.7. The van der Waals surface area contributed by atoms with Gasteiger partial charge in [-0.1, -0.05) is 16.4 Å². The Morgan fingerprint density at radius 1 is 1.54 bits per heavy atom. The number of nitrogens with one attached hydrogen (secondary N) is 1. The molecule has 24 heavy (non-hydrogen) atoms. The number of amides is 1. The Balaban J connectivity index is 1.48. The van der Waals surface area contributed by atoms with Gasteiger partial charge in [0.2, 0.25) is 18.3 Å². The number of nitrogens with zero attached hydrogens (tertiary/aromatic N) is 3. The number of ether oxygens (including phenoxy) is 1. The maximum Gasteiger partial charge on any atom is 0.355 e. The molecular weight excluding hydrogens is 348 g/mol. The number of hydrogen-bond donors (Lipinski definition) is 1. The normalized spacial score (nSPS) is 18.8. The molecule has 1 aromatic heterocycles. The molecule has 124 valence electrons. The van der Waals surface area contributed by atoms with Crippen molar-refractivity contribution in [2.24, 2.45) is 0 Å². The molecule has 0 bridgehead atoms. The van der Waals surface area contributed by atoms with E-state index in [2.05, 4.69) is 5.43 Å². The van der Waals surface area contributed by atoms with Gasteiger partial charge in [-0.05, 0) is 6.08 Å². The number of rotatable bonds is 6. The number of thioether (sulfide) groups is 2. The summed E-state index contributed by atoms with van der Waals surface area (Å²) in [4.78, 5) is 26.2. The van der Waals surface area contributed by atoms with Crippen molar-refractivity contribution in [2.75, 3.05) is 23.7 Å². The summed E-state index contributed by atoms with van der Waals surface area (Å²) in [5.74, 6) is 0.412. The van der Waals surface area contributed by atoms with Crippen molar-refractivity contribution in [3.8, 4) is 6.07 Å². The first-order valence-electron chi connectivity index (χ1n) is 7.25. The largest absolute Gasteiger partial charge is 0.450 e. The Morgan fingerprint density at radius 3 is 3.04 bits per heavy atom. The van der Waals surface area contributed by atoms with Gasteiger partial charge in [-0.25, -0.2) is 4.79 Å². The number of β-lactam (4-membered cyclic amide) rings is 1. The van der Waals surface area contributed by atoms with Gasteiger partial charge < -0.3 is 4.74 Å². The Hall–Kier alpha value is -2.18. The zero-order valence-corrected chi connectivity index (χ0v) is 14.3. The third-order valence-electron chi connectivity index (χ3n) is 3.49. The number of hydrogen-bond acceptors (Lipinski definition) is 7. The number of carbonyl (C=O) groups is 2. The van der Waals surface area contributed by atoms with E-state index >= 15 is 0 Å². The molecule has 3 rings (SSSR count). The number of fused-ring (bicyclic) bond motifs is 1. The van der Waals surface area contributed by atoms with Crippen LogP contribution < -0.4 is 10.1 Å². The highest BCUT2D eigenvalue weighted by Crippen LogP contribution is 2.37. The number of esters is 1. The van der Waals surface area contributed by atoms with Gasteiger partial charge in [0.05, 0.1) is 17.9 Å². The first-order chi connectivity index (χ1) is 11.7. The van der Waals surface area contributed by atoms with Gasteiger partial charge in [-0.3, -0.25) is 9.69 Å². The highest BCUT2D eigenvalue weighted by molar-refractivity contribution is 8.00. The minimum absolute atomic E-state index is 0.0273. The summed E-state index contributed by atoms with van der Waals surface area (Å²) in [6, 6.07) is 5.70. The first kappa shape index (κ1) is 16.7. The molecular formula is C15H15N4O3S2+. The molecule has 1 atom stereocenters. The summed E-state index contributed by atoms with van der Waals surface area (Å²) < 4.78 is 6.95. The summed E-state index contributed by atoms with van der Waals surface area (Å²) in [5.41, 5.74) is 3.24. The van der Waals surface area contributed by atoms with E-state index in [0.717, 1.165) is 10.6 Å². The van der Waals surface area contributed by atoms with Crippen LogP contribution in [-0.2, 0) is 14.3 Å². The summed E-state index contributed by atoms with van der Waals surface area (Å²) in [7, 11) is 0. The van der Waals surface area contributed by atoms with E-state index in [1.54, 1.807) is 34.9 Å². The Bertz CT molecular complexity index is 714. The van der Waals surface area contributed by atoms with Gasteiger partial charge in [0.15, 0.2) is 6.54 Å². The van der Waals surface area contributed by atoms with Crippen LogP contribution in [0.25, 0.3) is 0 Å². The van der Waals surface area contributed by atoms with Gasteiger partial charge in [0.25, 0.3) is 0 Å². The second-order valence-corrected chi connectivity index (χ2v) is 7.18. The van der Waals surface area contributed by atoms with Crippen molar-refractivity contribution in [2.45, 2.75) is 16.7 Å². The highest BCUT2D eigenvalue weighted by Gasteiger charge is 2.43.